The molecule has 24 heavy (non-hydrogen) atoms. The van der Waals surface area contributed by atoms with Crippen LogP contribution in [0, 0.1) is 0 Å². The second kappa shape index (κ2) is 6.23. The van der Waals surface area contributed by atoms with Crippen molar-refractivity contribution in [1.29, 1.82) is 0 Å². The molecule has 0 aliphatic carbocycles. The molecule has 2 fully saturated rings. The van der Waals surface area contributed by atoms with Crippen LogP contribution in [0.3, 0.4) is 0 Å². The Morgan fingerprint density at radius 3 is 2.58 bits per heavy atom. The lowest BCUT2D eigenvalue weighted by molar-refractivity contribution is -0.172. The molecule has 2 aliphatic rings. The number of likely N-dealkylation sites (tertiary alicyclic amines) is 1. The molecule has 2 N–H and O–H groups in total. The third-order valence-corrected chi connectivity index (χ3v) is 4.51. The summed E-state index contributed by atoms with van der Waals surface area (Å²) >= 11 is 0. The molecule has 1 amide bonds. The highest BCUT2D eigenvalue weighted by Gasteiger charge is 2.52. The van der Waals surface area contributed by atoms with E-state index >= 15 is 0 Å². The van der Waals surface area contributed by atoms with Gasteiger partial charge in [-0.05, 0) is 31.5 Å². The summed E-state index contributed by atoms with van der Waals surface area (Å²) in [5.74, 6) is 0.560. The summed E-state index contributed by atoms with van der Waals surface area (Å²) in [5.41, 5.74) is 6.95. The monoisotopic (exact) mass is 336 g/mol. The zero-order valence-corrected chi connectivity index (χ0v) is 14.4. The van der Waals surface area contributed by atoms with Crippen molar-refractivity contribution in [2.45, 2.75) is 44.4 Å². The standard InChI is InChI=1S/C17H24N2O5/c1-17(2)23-9-13(24-17)15-14(18)16(20)19(15)8-10-5-6-11(21-3)12(7-10)22-4/h5-7,13-15H,8-9,18H2,1-4H3/t13-,14-,15+/m0/s1. The molecule has 7 nitrogen and oxygen atoms in total. The van der Waals surface area contributed by atoms with Gasteiger partial charge in [0.2, 0.25) is 5.91 Å². The minimum Gasteiger partial charge on any atom is -0.493 e. The molecule has 0 saturated carbocycles. The number of benzene rings is 1. The molecule has 132 valence electrons. The Balaban J connectivity index is 1.75. The van der Waals surface area contributed by atoms with Crippen LogP contribution in [-0.2, 0) is 20.8 Å². The van der Waals surface area contributed by atoms with Crippen molar-refractivity contribution in [3.8, 4) is 11.5 Å². The zero-order valence-electron chi connectivity index (χ0n) is 14.4. The second-order valence-corrected chi connectivity index (χ2v) is 6.54. The Hall–Kier alpha value is -1.83. The first kappa shape index (κ1) is 17.0. The molecule has 1 aromatic rings. The van der Waals surface area contributed by atoms with Gasteiger partial charge in [0.1, 0.15) is 12.1 Å². The molecule has 7 heteroatoms. The first-order valence-corrected chi connectivity index (χ1v) is 7.95. The second-order valence-electron chi connectivity index (χ2n) is 6.54. The van der Waals surface area contributed by atoms with Gasteiger partial charge in [-0.3, -0.25) is 4.79 Å². The number of methoxy groups -OCH3 is 2. The van der Waals surface area contributed by atoms with E-state index in [-0.39, 0.29) is 18.1 Å². The highest BCUT2D eigenvalue weighted by Crippen LogP contribution is 2.34. The molecule has 2 heterocycles. The van der Waals surface area contributed by atoms with Crippen LogP contribution >= 0.6 is 0 Å². The van der Waals surface area contributed by atoms with E-state index in [9.17, 15) is 4.79 Å². The number of carbonyl (C=O) groups excluding carboxylic acids is 1. The summed E-state index contributed by atoms with van der Waals surface area (Å²) in [6.07, 6.45) is -0.215. The highest BCUT2D eigenvalue weighted by molar-refractivity contribution is 5.89. The lowest BCUT2D eigenvalue weighted by Gasteiger charge is -2.47. The minimum atomic E-state index is -0.641. The molecular formula is C17H24N2O5. The van der Waals surface area contributed by atoms with E-state index in [1.807, 2.05) is 32.0 Å². The fourth-order valence-electron chi connectivity index (χ4n) is 3.27. The van der Waals surface area contributed by atoms with E-state index in [4.69, 9.17) is 24.7 Å². The van der Waals surface area contributed by atoms with Crippen LogP contribution in [-0.4, -0.2) is 55.6 Å². The van der Waals surface area contributed by atoms with E-state index in [1.165, 1.54) is 0 Å². The Labute approximate surface area is 141 Å². The van der Waals surface area contributed by atoms with Gasteiger partial charge in [-0.2, -0.15) is 0 Å². The SMILES string of the molecule is COc1ccc(CN2C(=O)[C@@H](N)[C@H]2[C@@H]2COC(C)(C)O2)cc1OC. The van der Waals surface area contributed by atoms with Crippen molar-refractivity contribution in [2.75, 3.05) is 20.8 Å². The molecule has 0 unspecified atom stereocenters. The Bertz CT molecular complexity index is 633. The van der Waals surface area contributed by atoms with Crippen molar-refractivity contribution in [2.24, 2.45) is 5.73 Å². The van der Waals surface area contributed by atoms with E-state index in [0.29, 0.717) is 24.7 Å². The van der Waals surface area contributed by atoms with Gasteiger partial charge in [0.05, 0.1) is 26.9 Å². The third kappa shape index (κ3) is 2.94. The molecule has 0 radical (unpaired) electrons. The summed E-state index contributed by atoms with van der Waals surface area (Å²) < 4.78 is 22.0. The van der Waals surface area contributed by atoms with E-state index in [0.717, 1.165) is 5.56 Å². The van der Waals surface area contributed by atoms with Gasteiger partial charge in [0.15, 0.2) is 17.3 Å². The number of nitrogens with zero attached hydrogens (tertiary/aromatic N) is 1. The number of β-lactam (4-membered cyclic amide) rings is 1. The van der Waals surface area contributed by atoms with E-state index < -0.39 is 11.8 Å². The molecule has 0 bridgehead atoms. The largest absolute Gasteiger partial charge is 0.493 e. The van der Waals surface area contributed by atoms with Crippen LogP contribution in [0.4, 0.5) is 0 Å². The van der Waals surface area contributed by atoms with Crippen molar-refractivity contribution >= 4 is 5.91 Å². The van der Waals surface area contributed by atoms with Crippen molar-refractivity contribution in [3.05, 3.63) is 23.8 Å². The van der Waals surface area contributed by atoms with Crippen LogP contribution in [0.2, 0.25) is 0 Å². The minimum absolute atomic E-state index is 0.0805. The van der Waals surface area contributed by atoms with Gasteiger partial charge in [0, 0.05) is 6.54 Å². The first-order chi connectivity index (χ1) is 11.4. The summed E-state index contributed by atoms with van der Waals surface area (Å²) in [4.78, 5) is 14.0. The number of hydrogen-bond donors (Lipinski definition) is 1. The molecule has 0 aromatic heterocycles. The van der Waals surface area contributed by atoms with Gasteiger partial charge in [-0.15, -0.1) is 0 Å². The van der Waals surface area contributed by atoms with Gasteiger partial charge in [-0.1, -0.05) is 6.07 Å². The van der Waals surface area contributed by atoms with Crippen LogP contribution in [0.5, 0.6) is 11.5 Å². The van der Waals surface area contributed by atoms with Crippen LogP contribution in [0.25, 0.3) is 0 Å². The van der Waals surface area contributed by atoms with Crippen molar-refractivity contribution < 1.29 is 23.7 Å². The molecule has 3 rings (SSSR count). The van der Waals surface area contributed by atoms with Gasteiger partial charge >= 0.3 is 0 Å². The van der Waals surface area contributed by atoms with Crippen LogP contribution < -0.4 is 15.2 Å². The predicted molar refractivity (Wildman–Crippen MR) is 86.8 cm³/mol. The highest BCUT2D eigenvalue weighted by atomic mass is 16.7. The van der Waals surface area contributed by atoms with Crippen molar-refractivity contribution in [3.63, 3.8) is 0 Å². The van der Waals surface area contributed by atoms with Gasteiger partial charge in [0.25, 0.3) is 0 Å². The predicted octanol–water partition coefficient (Wildman–Crippen LogP) is 0.893. The smallest absolute Gasteiger partial charge is 0.242 e. The number of amides is 1. The number of carbonyl (C=O) groups is 1. The third-order valence-electron chi connectivity index (χ3n) is 4.51. The summed E-state index contributed by atoms with van der Waals surface area (Å²) in [6, 6.07) is 4.86. The normalized spacial score (nSPS) is 28.6. The fraction of sp³-hybridized carbons (Fsp3) is 0.588. The molecule has 2 saturated heterocycles. The zero-order chi connectivity index (χ0) is 17.5. The lowest BCUT2D eigenvalue weighted by atomic mass is 9.90. The quantitative estimate of drug-likeness (QED) is 0.804. The Morgan fingerprint density at radius 2 is 2.00 bits per heavy atom. The average molecular weight is 336 g/mol. The fourth-order valence-corrected chi connectivity index (χ4v) is 3.27. The molecule has 3 atom stereocenters. The molecule has 0 spiro atoms. The number of hydrogen-bond acceptors (Lipinski definition) is 6. The molecule has 1 aromatic carbocycles. The number of nitrogens with two attached hydrogens (primary N) is 1. The van der Waals surface area contributed by atoms with Gasteiger partial charge in [-0.25, -0.2) is 0 Å². The topological polar surface area (TPSA) is 83.3 Å². The molecule has 2 aliphatic heterocycles. The first-order valence-electron chi connectivity index (χ1n) is 7.95. The average Bonchev–Trinajstić information content (AvgIpc) is 2.92. The van der Waals surface area contributed by atoms with E-state index in [2.05, 4.69) is 0 Å². The van der Waals surface area contributed by atoms with E-state index in [1.54, 1.807) is 19.1 Å². The van der Waals surface area contributed by atoms with Gasteiger partial charge < -0.3 is 29.6 Å². The molecular weight excluding hydrogens is 312 g/mol. The number of rotatable bonds is 5. The maximum atomic E-state index is 12.2. The van der Waals surface area contributed by atoms with Crippen LogP contribution in [0.1, 0.15) is 19.4 Å². The summed E-state index contributed by atoms with van der Waals surface area (Å²) in [7, 11) is 3.17. The summed E-state index contributed by atoms with van der Waals surface area (Å²) in [6.45, 7) is 4.59. The van der Waals surface area contributed by atoms with Crippen LogP contribution in [0.15, 0.2) is 18.2 Å². The maximum Gasteiger partial charge on any atom is 0.242 e. The lowest BCUT2D eigenvalue weighted by Crippen LogP contribution is -2.72. The number of ether oxygens (including phenoxy) is 4. The Morgan fingerprint density at radius 1 is 1.29 bits per heavy atom. The van der Waals surface area contributed by atoms with Crippen molar-refractivity contribution in [1.82, 2.24) is 4.90 Å². The summed E-state index contributed by atoms with van der Waals surface area (Å²) in [5, 5.41) is 0. The maximum absolute atomic E-state index is 12.2. The Kier molecular flexibility index (Phi) is 4.42.